The monoisotopic (exact) mass is 296 g/mol. The zero-order chi connectivity index (χ0) is 14.6. The number of rotatable bonds is 5. The lowest BCUT2D eigenvalue weighted by molar-refractivity contribution is -0.136. The lowest BCUT2D eigenvalue weighted by Crippen LogP contribution is -2.25. The van der Waals surface area contributed by atoms with E-state index in [1.807, 2.05) is 0 Å². The molecular weight excluding hydrogens is 276 g/mol. The molecule has 4 nitrogen and oxygen atoms in total. The van der Waals surface area contributed by atoms with Gasteiger partial charge in [-0.25, -0.2) is 8.42 Å². The van der Waals surface area contributed by atoms with Gasteiger partial charge in [-0.1, -0.05) is 43.5 Å². The summed E-state index contributed by atoms with van der Waals surface area (Å²) in [5, 5.41) is 8.63. The molecule has 0 heterocycles. The summed E-state index contributed by atoms with van der Waals surface area (Å²) in [5.41, 5.74) is 1.22. The predicted molar refractivity (Wildman–Crippen MR) is 77.3 cm³/mol. The van der Waals surface area contributed by atoms with E-state index in [0.29, 0.717) is 11.1 Å². The van der Waals surface area contributed by atoms with Crippen LogP contribution in [0.1, 0.15) is 43.2 Å². The molecule has 0 unspecified atom stereocenters. The van der Waals surface area contributed by atoms with Crippen molar-refractivity contribution in [3.63, 3.8) is 0 Å². The molecule has 1 aliphatic rings. The van der Waals surface area contributed by atoms with E-state index in [1.165, 1.54) is 0 Å². The molecule has 1 aromatic rings. The van der Waals surface area contributed by atoms with E-state index in [2.05, 4.69) is 0 Å². The molecule has 20 heavy (non-hydrogen) atoms. The molecule has 0 atom stereocenters. The minimum atomic E-state index is -3.19. The number of carboxylic acids is 1. The first-order valence-electron chi connectivity index (χ1n) is 6.99. The highest BCUT2D eigenvalue weighted by molar-refractivity contribution is 7.91. The van der Waals surface area contributed by atoms with E-state index in [9.17, 15) is 13.2 Å². The molecule has 2 rings (SSSR count). The zero-order valence-corrected chi connectivity index (χ0v) is 12.2. The summed E-state index contributed by atoms with van der Waals surface area (Å²) in [6.07, 6.45) is 4.41. The van der Waals surface area contributed by atoms with E-state index in [0.717, 1.165) is 32.1 Å². The van der Waals surface area contributed by atoms with Crippen molar-refractivity contribution in [3.8, 4) is 0 Å². The highest BCUT2D eigenvalue weighted by Crippen LogP contribution is 2.27. The third-order valence-electron chi connectivity index (χ3n) is 3.88. The van der Waals surface area contributed by atoms with Gasteiger partial charge in [0.25, 0.3) is 0 Å². The predicted octanol–water partition coefficient (Wildman–Crippen LogP) is 2.56. The summed E-state index contributed by atoms with van der Waals surface area (Å²) in [7, 11) is -3.19. The molecule has 0 saturated heterocycles. The van der Waals surface area contributed by atoms with Gasteiger partial charge in [0.15, 0.2) is 9.84 Å². The van der Waals surface area contributed by atoms with E-state index in [-0.39, 0.29) is 17.4 Å². The maximum atomic E-state index is 12.4. The summed E-state index contributed by atoms with van der Waals surface area (Å²) in [4.78, 5) is 10.8. The number of aliphatic carboxylic acids is 1. The first-order chi connectivity index (χ1) is 9.49. The van der Waals surface area contributed by atoms with Crippen LogP contribution in [0, 0.1) is 0 Å². The number of carbonyl (C=O) groups is 1. The molecule has 110 valence electrons. The van der Waals surface area contributed by atoms with E-state index in [4.69, 9.17) is 5.11 Å². The van der Waals surface area contributed by atoms with Crippen LogP contribution in [-0.4, -0.2) is 24.7 Å². The van der Waals surface area contributed by atoms with Crippen LogP contribution >= 0.6 is 0 Å². The van der Waals surface area contributed by atoms with Gasteiger partial charge in [-0.15, -0.1) is 0 Å². The Morgan fingerprint density at radius 2 is 1.70 bits per heavy atom. The average Bonchev–Trinajstić information content (AvgIpc) is 2.41. The van der Waals surface area contributed by atoms with Gasteiger partial charge in [0.05, 0.1) is 17.4 Å². The molecule has 0 bridgehead atoms. The molecule has 5 heteroatoms. The fraction of sp³-hybridized carbons (Fsp3) is 0.533. The Bertz CT molecular complexity index is 571. The van der Waals surface area contributed by atoms with Crippen molar-refractivity contribution in [2.45, 2.75) is 49.5 Å². The Morgan fingerprint density at radius 1 is 1.10 bits per heavy atom. The standard InChI is InChI=1S/C15H20O4S/c16-15(17)10-12-6-4-5-7-13(12)11-20(18,19)14-8-2-1-3-9-14/h4-7,14H,1-3,8-11H2,(H,16,17). The van der Waals surface area contributed by atoms with Crippen LogP contribution in [0.4, 0.5) is 0 Å². The molecule has 0 spiro atoms. The number of benzene rings is 1. The average molecular weight is 296 g/mol. The van der Waals surface area contributed by atoms with Crippen molar-refractivity contribution >= 4 is 15.8 Å². The zero-order valence-electron chi connectivity index (χ0n) is 11.4. The number of hydrogen-bond donors (Lipinski definition) is 1. The number of carboxylic acid groups (broad SMARTS) is 1. The fourth-order valence-electron chi connectivity index (χ4n) is 2.79. The summed E-state index contributed by atoms with van der Waals surface area (Å²) in [6.45, 7) is 0. The van der Waals surface area contributed by atoms with Crippen LogP contribution in [0.25, 0.3) is 0 Å². The molecule has 1 aliphatic carbocycles. The summed E-state index contributed by atoms with van der Waals surface area (Å²) >= 11 is 0. The highest BCUT2D eigenvalue weighted by atomic mass is 32.2. The van der Waals surface area contributed by atoms with Crippen LogP contribution in [0.2, 0.25) is 0 Å². The highest BCUT2D eigenvalue weighted by Gasteiger charge is 2.28. The van der Waals surface area contributed by atoms with Crippen LogP contribution in [0.3, 0.4) is 0 Å². The maximum absolute atomic E-state index is 12.4. The Morgan fingerprint density at radius 3 is 2.30 bits per heavy atom. The van der Waals surface area contributed by atoms with Gasteiger partial charge in [0.1, 0.15) is 0 Å². The second kappa shape index (κ2) is 6.39. The van der Waals surface area contributed by atoms with Gasteiger partial charge in [-0.2, -0.15) is 0 Å². The second-order valence-electron chi connectivity index (χ2n) is 5.41. The quantitative estimate of drug-likeness (QED) is 0.906. The first-order valence-corrected chi connectivity index (χ1v) is 8.71. The summed E-state index contributed by atoms with van der Waals surface area (Å²) < 4.78 is 24.9. The van der Waals surface area contributed by atoms with Crippen LogP contribution < -0.4 is 0 Å². The SMILES string of the molecule is O=C(O)Cc1ccccc1CS(=O)(=O)C1CCCCC1. The lowest BCUT2D eigenvalue weighted by Gasteiger charge is -2.22. The van der Waals surface area contributed by atoms with Gasteiger partial charge in [0.2, 0.25) is 0 Å². The molecule has 1 aromatic carbocycles. The molecule has 0 amide bonds. The molecule has 1 saturated carbocycles. The lowest BCUT2D eigenvalue weighted by atomic mass is 10.0. The molecule has 0 aromatic heterocycles. The molecule has 1 N–H and O–H groups in total. The first kappa shape index (κ1) is 15.0. The second-order valence-corrected chi connectivity index (χ2v) is 7.69. The normalized spacial score (nSPS) is 17.0. The number of hydrogen-bond acceptors (Lipinski definition) is 3. The van der Waals surface area contributed by atoms with E-state index in [1.54, 1.807) is 24.3 Å². The largest absolute Gasteiger partial charge is 0.481 e. The molecule has 1 fully saturated rings. The third-order valence-corrected chi connectivity index (χ3v) is 6.08. The van der Waals surface area contributed by atoms with Gasteiger partial charge in [-0.3, -0.25) is 4.79 Å². The van der Waals surface area contributed by atoms with Gasteiger partial charge in [0, 0.05) is 0 Å². The maximum Gasteiger partial charge on any atom is 0.307 e. The smallest absolute Gasteiger partial charge is 0.307 e. The summed E-state index contributed by atoms with van der Waals surface area (Å²) in [5.74, 6) is -0.978. The fourth-order valence-corrected chi connectivity index (χ4v) is 4.79. The minimum Gasteiger partial charge on any atom is -0.481 e. The van der Waals surface area contributed by atoms with Gasteiger partial charge in [-0.05, 0) is 24.0 Å². The van der Waals surface area contributed by atoms with Crippen molar-refractivity contribution in [2.75, 3.05) is 0 Å². The van der Waals surface area contributed by atoms with Crippen molar-refractivity contribution in [2.24, 2.45) is 0 Å². The number of sulfone groups is 1. The Hall–Kier alpha value is -1.36. The van der Waals surface area contributed by atoms with Gasteiger partial charge < -0.3 is 5.11 Å². The molecule has 0 radical (unpaired) electrons. The van der Waals surface area contributed by atoms with Crippen molar-refractivity contribution in [1.29, 1.82) is 0 Å². The Kier molecular flexibility index (Phi) is 4.81. The van der Waals surface area contributed by atoms with Crippen molar-refractivity contribution in [3.05, 3.63) is 35.4 Å². The van der Waals surface area contributed by atoms with Crippen LogP contribution in [-0.2, 0) is 26.8 Å². The molecule has 0 aliphatic heterocycles. The van der Waals surface area contributed by atoms with Crippen molar-refractivity contribution in [1.82, 2.24) is 0 Å². The topological polar surface area (TPSA) is 71.4 Å². The third kappa shape index (κ3) is 3.82. The van der Waals surface area contributed by atoms with Crippen LogP contribution in [0.15, 0.2) is 24.3 Å². The minimum absolute atomic E-state index is 0.0406. The summed E-state index contributed by atoms with van der Waals surface area (Å²) in [6, 6.07) is 6.92. The molecular formula is C15H20O4S. The Balaban J connectivity index is 2.18. The van der Waals surface area contributed by atoms with E-state index < -0.39 is 15.8 Å². The van der Waals surface area contributed by atoms with E-state index >= 15 is 0 Å². The van der Waals surface area contributed by atoms with Gasteiger partial charge >= 0.3 is 5.97 Å². The van der Waals surface area contributed by atoms with Crippen LogP contribution in [0.5, 0.6) is 0 Å². The van der Waals surface area contributed by atoms with Crippen molar-refractivity contribution < 1.29 is 18.3 Å². The Labute approximate surface area is 119 Å².